The zero-order valence-electron chi connectivity index (χ0n) is 12.1. The summed E-state index contributed by atoms with van der Waals surface area (Å²) in [6.07, 6.45) is 0. The maximum absolute atomic E-state index is 12.1. The molecule has 0 radical (unpaired) electrons. The highest BCUT2D eigenvalue weighted by molar-refractivity contribution is 5.77. The van der Waals surface area contributed by atoms with Crippen LogP contribution in [0.5, 0.6) is 0 Å². The lowest BCUT2D eigenvalue weighted by atomic mass is 9.94. The quantitative estimate of drug-likeness (QED) is 0.756. The van der Waals surface area contributed by atoms with E-state index in [0.29, 0.717) is 12.4 Å². The number of esters is 1. The van der Waals surface area contributed by atoms with Gasteiger partial charge in [0.05, 0.1) is 6.61 Å². The predicted molar refractivity (Wildman–Crippen MR) is 69.4 cm³/mol. The SMILES string of the molecule is CCOC(=O)C(c1nnc(C)n1C(C)C)C(C)C. The van der Waals surface area contributed by atoms with Crippen LogP contribution in [-0.4, -0.2) is 27.3 Å². The first-order valence-corrected chi connectivity index (χ1v) is 6.48. The summed E-state index contributed by atoms with van der Waals surface area (Å²) >= 11 is 0. The van der Waals surface area contributed by atoms with E-state index in [1.807, 2.05) is 32.3 Å². The van der Waals surface area contributed by atoms with Gasteiger partial charge in [-0.1, -0.05) is 13.8 Å². The van der Waals surface area contributed by atoms with Gasteiger partial charge in [0.25, 0.3) is 0 Å². The maximum Gasteiger partial charge on any atom is 0.316 e. The summed E-state index contributed by atoms with van der Waals surface area (Å²) in [5.74, 6) is 1.09. The zero-order valence-corrected chi connectivity index (χ0v) is 12.1. The number of rotatable bonds is 5. The molecule has 1 unspecified atom stereocenters. The Balaban J connectivity index is 3.18. The van der Waals surface area contributed by atoms with E-state index in [2.05, 4.69) is 24.0 Å². The molecule has 5 nitrogen and oxygen atoms in total. The molecule has 1 atom stereocenters. The normalized spacial score (nSPS) is 13.1. The van der Waals surface area contributed by atoms with Gasteiger partial charge in [-0.05, 0) is 33.6 Å². The van der Waals surface area contributed by atoms with Crippen LogP contribution in [0.15, 0.2) is 0 Å². The van der Waals surface area contributed by atoms with Gasteiger partial charge in [-0.3, -0.25) is 4.79 Å². The lowest BCUT2D eigenvalue weighted by molar-refractivity contribution is -0.146. The Kier molecular flexibility index (Phi) is 4.87. The molecule has 0 bridgehead atoms. The molecule has 0 amide bonds. The van der Waals surface area contributed by atoms with E-state index in [1.165, 1.54) is 0 Å². The second-order valence-electron chi connectivity index (χ2n) is 5.04. The first kappa shape index (κ1) is 14.7. The van der Waals surface area contributed by atoms with Crippen molar-refractivity contribution in [2.24, 2.45) is 5.92 Å². The molecule has 1 aromatic rings. The average Bonchev–Trinajstić information content (AvgIpc) is 2.60. The topological polar surface area (TPSA) is 57.0 Å². The molecule has 1 aromatic heterocycles. The highest BCUT2D eigenvalue weighted by Gasteiger charge is 2.31. The van der Waals surface area contributed by atoms with E-state index in [4.69, 9.17) is 4.74 Å². The van der Waals surface area contributed by atoms with Crippen molar-refractivity contribution in [3.05, 3.63) is 11.6 Å². The molecule has 0 aromatic carbocycles. The summed E-state index contributed by atoms with van der Waals surface area (Å²) in [5, 5.41) is 8.26. The van der Waals surface area contributed by atoms with Crippen molar-refractivity contribution in [1.29, 1.82) is 0 Å². The van der Waals surface area contributed by atoms with E-state index in [9.17, 15) is 4.79 Å². The Morgan fingerprint density at radius 3 is 2.33 bits per heavy atom. The average molecular weight is 253 g/mol. The second-order valence-corrected chi connectivity index (χ2v) is 5.04. The predicted octanol–water partition coefficient (Wildman–Crippen LogP) is 2.47. The monoisotopic (exact) mass is 253 g/mol. The van der Waals surface area contributed by atoms with E-state index >= 15 is 0 Å². The van der Waals surface area contributed by atoms with Crippen LogP contribution in [0.4, 0.5) is 0 Å². The van der Waals surface area contributed by atoms with Gasteiger partial charge >= 0.3 is 5.97 Å². The number of aromatic nitrogens is 3. The molecule has 0 saturated carbocycles. The fourth-order valence-corrected chi connectivity index (χ4v) is 2.14. The molecule has 0 aliphatic carbocycles. The number of hydrogen-bond donors (Lipinski definition) is 0. The third kappa shape index (κ3) is 2.89. The van der Waals surface area contributed by atoms with Crippen LogP contribution in [0.3, 0.4) is 0 Å². The minimum Gasteiger partial charge on any atom is -0.465 e. The molecule has 0 aliphatic heterocycles. The van der Waals surface area contributed by atoms with Crippen LogP contribution < -0.4 is 0 Å². The van der Waals surface area contributed by atoms with Crippen molar-refractivity contribution in [1.82, 2.24) is 14.8 Å². The maximum atomic E-state index is 12.1. The summed E-state index contributed by atoms with van der Waals surface area (Å²) < 4.78 is 7.15. The molecule has 0 aliphatic rings. The Morgan fingerprint density at radius 1 is 1.28 bits per heavy atom. The van der Waals surface area contributed by atoms with Gasteiger partial charge in [-0.15, -0.1) is 10.2 Å². The first-order valence-electron chi connectivity index (χ1n) is 6.48. The van der Waals surface area contributed by atoms with E-state index in [1.54, 1.807) is 0 Å². The minimum atomic E-state index is -0.353. The van der Waals surface area contributed by atoms with Crippen molar-refractivity contribution in [3.63, 3.8) is 0 Å². The van der Waals surface area contributed by atoms with Crippen molar-refractivity contribution in [2.45, 2.75) is 53.5 Å². The van der Waals surface area contributed by atoms with Crippen molar-refractivity contribution >= 4 is 5.97 Å². The van der Waals surface area contributed by atoms with E-state index in [0.717, 1.165) is 5.82 Å². The van der Waals surface area contributed by atoms with Gasteiger partial charge < -0.3 is 9.30 Å². The number of carbonyl (C=O) groups is 1. The first-order chi connectivity index (χ1) is 8.40. The molecular weight excluding hydrogens is 230 g/mol. The minimum absolute atomic E-state index is 0.130. The van der Waals surface area contributed by atoms with Crippen LogP contribution in [0.25, 0.3) is 0 Å². The number of ether oxygens (including phenoxy) is 1. The molecule has 0 N–H and O–H groups in total. The van der Waals surface area contributed by atoms with Crippen LogP contribution in [-0.2, 0) is 9.53 Å². The molecule has 1 rings (SSSR count). The van der Waals surface area contributed by atoms with Gasteiger partial charge in [0.2, 0.25) is 0 Å². The van der Waals surface area contributed by atoms with Crippen molar-refractivity contribution in [2.75, 3.05) is 6.61 Å². The molecule has 102 valence electrons. The molecule has 5 heteroatoms. The molecular formula is C13H23N3O2. The van der Waals surface area contributed by atoms with Crippen LogP contribution in [0, 0.1) is 12.8 Å². The van der Waals surface area contributed by atoms with Gasteiger partial charge in [0.1, 0.15) is 17.6 Å². The van der Waals surface area contributed by atoms with Crippen molar-refractivity contribution < 1.29 is 9.53 Å². The highest BCUT2D eigenvalue weighted by atomic mass is 16.5. The summed E-state index contributed by atoms with van der Waals surface area (Å²) in [7, 11) is 0. The largest absolute Gasteiger partial charge is 0.465 e. The summed E-state index contributed by atoms with van der Waals surface area (Å²) in [6, 6.07) is 0.227. The Bertz CT molecular complexity index is 410. The van der Waals surface area contributed by atoms with E-state index in [-0.39, 0.29) is 23.8 Å². The fraction of sp³-hybridized carbons (Fsp3) is 0.769. The van der Waals surface area contributed by atoms with Crippen LogP contribution in [0.1, 0.15) is 58.2 Å². The Hall–Kier alpha value is -1.39. The van der Waals surface area contributed by atoms with Gasteiger partial charge in [-0.2, -0.15) is 0 Å². The standard InChI is InChI=1S/C13H23N3O2/c1-7-18-13(17)11(8(2)3)12-15-14-10(6)16(12)9(4)5/h8-9,11H,7H2,1-6H3. The molecule has 0 fully saturated rings. The van der Waals surface area contributed by atoms with Gasteiger partial charge in [-0.25, -0.2) is 0 Å². The summed E-state index contributed by atoms with van der Waals surface area (Å²) in [5.41, 5.74) is 0. The van der Waals surface area contributed by atoms with Gasteiger partial charge in [0.15, 0.2) is 0 Å². The Morgan fingerprint density at radius 2 is 1.89 bits per heavy atom. The zero-order chi connectivity index (χ0) is 13.9. The molecule has 0 saturated heterocycles. The highest BCUT2D eigenvalue weighted by Crippen LogP contribution is 2.27. The molecule has 1 heterocycles. The number of carbonyl (C=O) groups excluding carboxylic acids is 1. The summed E-state index contributed by atoms with van der Waals surface area (Å²) in [6.45, 7) is 12.2. The van der Waals surface area contributed by atoms with E-state index < -0.39 is 0 Å². The second kappa shape index (κ2) is 5.98. The summed E-state index contributed by atoms with van der Waals surface area (Å²) in [4.78, 5) is 12.1. The van der Waals surface area contributed by atoms with Crippen LogP contribution >= 0.6 is 0 Å². The van der Waals surface area contributed by atoms with Crippen molar-refractivity contribution in [3.8, 4) is 0 Å². The lowest BCUT2D eigenvalue weighted by Gasteiger charge is -2.21. The third-order valence-electron chi connectivity index (χ3n) is 2.89. The number of aryl methyl sites for hydroxylation is 1. The smallest absolute Gasteiger partial charge is 0.316 e. The lowest BCUT2D eigenvalue weighted by Crippen LogP contribution is -2.25. The third-order valence-corrected chi connectivity index (χ3v) is 2.89. The molecule has 0 spiro atoms. The number of hydrogen-bond acceptors (Lipinski definition) is 4. The number of nitrogens with zero attached hydrogens (tertiary/aromatic N) is 3. The fourth-order valence-electron chi connectivity index (χ4n) is 2.14. The molecule has 18 heavy (non-hydrogen) atoms. The van der Waals surface area contributed by atoms with Crippen LogP contribution in [0.2, 0.25) is 0 Å². The Labute approximate surface area is 109 Å². The van der Waals surface area contributed by atoms with Gasteiger partial charge in [0, 0.05) is 6.04 Å².